The van der Waals surface area contributed by atoms with Gasteiger partial charge in [-0.25, -0.2) is 0 Å². The Hall–Kier alpha value is -1.40. The number of carbonyl (C=O) groups is 1. The second kappa shape index (κ2) is 8.14. The van der Waals surface area contributed by atoms with Crippen LogP contribution in [0.25, 0.3) is 0 Å². The first kappa shape index (κ1) is 16.0. The zero-order chi connectivity index (χ0) is 15.1. The Bertz CT molecular complexity index is 441. The number of carbonyl (C=O) groups excluding carboxylic acids is 1. The van der Waals surface area contributed by atoms with Gasteiger partial charge in [0, 0.05) is 31.6 Å². The van der Waals surface area contributed by atoms with Crippen LogP contribution < -0.4 is 5.32 Å². The molecule has 2 rings (SSSR count). The van der Waals surface area contributed by atoms with Crippen molar-refractivity contribution in [3.63, 3.8) is 0 Å². The van der Waals surface area contributed by atoms with Crippen molar-refractivity contribution in [1.29, 1.82) is 0 Å². The van der Waals surface area contributed by atoms with Gasteiger partial charge >= 0.3 is 0 Å². The van der Waals surface area contributed by atoms with Crippen LogP contribution in [0.15, 0.2) is 10.6 Å². The number of hydrogen-bond acceptors (Lipinski definition) is 5. The van der Waals surface area contributed by atoms with Gasteiger partial charge in [-0.05, 0) is 19.8 Å². The lowest BCUT2D eigenvalue weighted by molar-refractivity contribution is -0.116. The smallest absolute Gasteiger partial charge is 0.226 e. The van der Waals surface area contributed by atoms with E-state index in [0.29, 0.717) is 37.1 Å². The van der Waals surface area contributed by atoms with E-state index < -0.39 is 0 Å². The summed E-state index contributed by atoms with van der Waals surface area (Å²) in [5.74, 6) is 1.07. The minimum Gasteiger partial charge on any atom is -0.395 e. The maximum Gasteiger partial charge on any atom is 0.226 e. The Morgan fingerprint density at radius 1 is 1.43 bits per heavy atom. The summed E-state index contributed by atoms with van der Waals surface area (Å²) in [6.45, 7) is 3.24. The first-order valence-electron chi connectivity index (χ1n) is 7.77. The first-order valence-corrected chi connectivity index (χ1v) is 7.77. The second-order valence-electron chi connectivity index (χ2n) is 5.67. The van der Waals surface area contributed by atoms with Crippen LogP contribution in [-0.4, -0.2) is 46.8 Å². The van der Waals surface area contributed by atoms with E-state index in [0.717, 1.165) is 0 Å². The molecule has 1 aromatic heterocycles. The van der Waals surface area contributed by atoms with Gasteiger partial charge in [0.25, 0.3) is 0 Å². The van der Waals surface area contributed by atoms with Crippen LogP contribution in [-0.2, 0) is 4.79 Å². The van der Waals surface area contributed by atoms with Crippen LogP contribution in [0.2, 0.25) is 0 Å². The van der Waals surface area contributed by atoms with Crippen LogP contribution in [0.5, 0.6) is 0 Å². The SMILES string of the molecule is Cc1cc(NC(=O)CCN(CCO)C2CCCCC2)no1. The van der Waals surface area contributed by atoms with Crippen molar-refractivity contribution >= 4 is 11.7 Å². The molecule has 21 heavy (non-hydrogen) atoms. The number of aryl methyl sites for hydroxylation is 1. The Kier molecular flexibility index (Phi) is 6.20. The summed E-state index contributed by atoms with van der Waals surface area (Å²) in [7, 11) is 0. The fourth-order valence-electron chi connectivity index (χ4n) is 2.93. The standard InChI is InChI=1S/C15H25N3O3/c1-12-11-14(17-21-12)16-15(20)7-8-18(9-10-19)13-5-3-2-4-6-13/h11,13,19H,2-10H2,1H3,(H,16,17,20). The molecule has 2 N–H and O–H groups in total. The van der Waals surface area contributed by atoms with E-state index >= 15 is 0 Å². The average molecular weight is 295 g/mol. The molecule has 1 aliphatic carbocycles. The molecule has 118 valence electrons. The second-order valence-corrected chi connectivity index (χ2v) is 5.67. The number of rotatable bonds is 7. The van der Waals surface area contributed by atoms with Crippen LogP contribution in [0.3, 0.4) is 0 Å². The molecule has 0 radical (unpaired) electrons. The van der Waals surface area contributed by atoms with E-state index in [1.54, 1.807) is 13.0 Å². The fraction of sp³-hybridized carbons (Fsp3) is 0.733. The van der Waals surface area contributed by atoms with E-state index in [1.807, 2.05) is 0 Å². The van der Waals surface area contributed by atoms with Gasteiger partial charge in [-0.3, -0.25) is 9.69 Å². The lowest BCUT2D eigenvalue weighted by Crippen LogP contribution is -2.40. The molecule has 0 bridgehead atoms. The monoisotopic (exact) mass is 295 g/mol. The lowest BCUT2D eigenvalue weighted by Gasteiger charge is -2.33. The van der Waals surface area contributed by atoms with Gasteiger partial charge in [0.2, 0.25) is 5.91 Å². The Balaban J connectivity index is 1.78. The highest BCUT2D eigenvalue weighted by atomic mass is 16.5. The number of amides is 1. The van der Waals surface area contributed by atoms with Crippen molar-refractivity contribution in [2.45, 2.75) is 51.5 Å². The number of nitrogens with one attached hydrogen (secondary N) is 1. The normalized spacial score (nSPS) is 16.3. The topological polar surface area (TPSA) is 78.6 Å². The highest BCUT2D eigenvalue weighted by molar-refractivity contribution is 5.89. The Morgan fingerprint density at radius 3 is 2.81 bits per heavy atom. The van der Waals surface area contributed by atoms with Crippen molar-refractivity contribution in [1.82, 2.24) is 10.1 Å². The Labute approximate surface area is 125 Å². The highest BCUT2D eigenvalue weighted by Gasteiger charge is 2.21. The summed E-state index contributed by atoms with van der Waals surface area (Å²) in [6.07, 6.45) is 6.54. The maximum absolute atomic E-state index is 11.9. The third kappa shape index (κ3) is 5.13. The summed E-state index contributed by atoms with van der Waals surface area (Å²) in [5.41, 5.74) is 0. The summed E-state index contributed by atoms with van der Waals surface area (Å²) in [4.78, 5) is 14.2. The van der Waals surface area contributed by atoms with Crippen molar-refractivity contribution in [3.8, 4) is 0 Å². The predicted molar refractivity (Wildman–Crippen MR) is 80.0 cm³/mol. The maximum atomic E-state index is 11.9. The number of hydrogen-bond donors (Lipinski definition) is 2. The van der Waals surface area contributed by atoms with E-state index in [-0.39, 0.29) is 12.5 Å². The van der Waals surface area contributed by atoms with Gasteiger partial charge in [0.15, 0.2) is 5.82 Å². The summed E-state index contributed by atoms with van der Waals surface area (Å²) >= 11 is 0. The molecule has 0 aliphatic heterocycles. The highest BCUT2D eigenvalue weighted by Crippen LogP contribution is 2.22. The zero-order valence-corrected chi connectivity index (χ0v) is 12.7. The van der Waals surface area contributed by atoms with Gasteiger partial charge < -0.3 is 14.9 Å². The quantitative estimate of drug-likeness (QED) is 0.803. The molecule has 6 heteroatoms. The summed E-state index contributed by atoms with van der Waals surface area (Å²) in [5, 5.41) is 15.7. The van der Waals surface area contributed by atoms with Crippen LogP contribution in [0, 0.1) is 6.92 Å². The lowest BCUT2D eigenvalue weighted by atomic mass is 9.94. The van der Waals surface area contributed by atoms with Gasteiger partial charge in [0.05, 0.1) is 6.61 Å². The third-order valence-electron chi connectivity index (χ3n) is 4.00. The van der Waals surface area contributed by atoms with Gasteiger partial charge in [-0.2, -0.15) is 0 Å². The molecular weight excluding hydrogens is 270 g/mol. The molecule has 0 unspecified atom stereocenters. The van der Waals surface area contributed by atoms with Crippen molar-refractivity contribution in [2.75, 3.05) is 25.0 Å². The third-order valence-corrected chi connectivity index (χ3v) is 4.00. The summed E-state index contributed by atoms with van der Waals surface area (Å²) in [6, 6.07) is 2.21. The molecular formula is C15H25N3O3. The first-order chi connectivity index (χ1) is 10.2. The molecule has 0 saturated heterocycles. The molecule has 1 amide bonds. The minimum atomic E-state index is -0.0675. The van der Waals surface area contributed by atoms with Crippen LogP contribution >= 0.6 is 0 Å². The Morgan fingerprint density at radius 2 is 2.19 bits per heavy atom. The molecule has 1 fully saturated rings. The average Bonchev–Trinajstić information content (AvgIpc) is 2.89. The molecule has 1 heterocycles. The molecule has 6 nitrogen and oxygen atoms in total. The van der Waals surface area contributed by atoms with Gasteiger partial charge in [0.1, 0.15) is 5.76 Å². The van der Waals surface area contributed by atoms with E-state index in [1.165, 1.54) is 32.1 Å². The zero-order valence-electron chi connectivity index (χ0n) is 12.7. The van der Waals surface area contributed by atoms with Crippen molar-refractivity contribution < 1.29 is 14.4 Å². The van der Waals surface area contributed by atoms with E-state index in [4.69, 9.17) is 4.52 Å². The van der Waals surface area contributed by atoms with Crippen LogP contribution in [0.1, 0.15) is 44.3 Å². The number of nitrogens with zero attached hydrogens (tertiary/aromatic N) is 2. The number of anilines is 1. The van der Waals surface area contributed by atoms with E-state index in [2.05, 4.69) is 15.4 Å². The van der Waals surface area contributed by atoms with E-state index in [9.17, 15) is 9.90 Å². The molecule has 0 atom stereocenters. The summed E-state index contributed by atoms with van der Waals surface area (Å²) < 4.78 is 4.92. The molecule has 1 aromatic rings. The number of aliphatic hydroxyl groups is 1. The van der Waals surface area contributed by atoms with Crippen LogP contribution in [0.4, 0.5) is 5.82 Å². The predicted octanol–water partition coefficient (Wildman–Crippen LogP) is 1.94. The van der Waals surface area contributed by atoms with Gasteiger partial charge in [-0.1, -0.05) is 24.4 Å². The largest absolute Gasteiger partial charge is 0.395 e. The fourth-order valence-corrected chi connectivity index (χ4v) is 2.93. The minimum absolute atomic E-state index is 0.0675. The van der Waals surface area contributed by atoms with Crippen molar-refractivity contribution in [3.05, 3.63) is 11.8 Å². The molecule has 1 saturated carbocycles. The molecule has 1 aliphatic rings. The number of aliphatic hydroxyl groups excluding tert-OH is 1. The molecule has 0 spiro atoms. The number of aromatic nitrogens is 1. The van der Waals surface area contributed by atoms with Crippen molar-refractivity contribution in [2.24, 2.45) is 0 Å². The molecule has 0 aromatic carbocycles. The van der Waals surface area contributed by atoms with Gasteiger partial charge in [-0.15, -0.1) is 0 Å².